The van der Waals surface area contributed by atoms with E-state index in [0.29, 0.717) is 17.5 Å². The van der Waals surface area contributed by atoms with E-state index < -0.39 is 0 Å². The second kappa shape index (κ2) is 8.34. The smallest absolute Gasteiger partial charge is 0.187 e. The summed E-state index contributed by atoms with van der Waals surface area (Å²) in [4.78, 5) is 0. The normalized spacial score (nSPS) is 12.2. The fourth-order valence-electron chi connectivity index (χ4n) is 1.50. The van der Waals surface area contributed by atoms with E-state index in [1.165, 1.54) is 7.11 Å². The van der Waals surface area contributed by atoms with Gasteiger partial charge in [0.15, 0.2) is 16.6 Å². The van der Waals surface area contributed by atoms with E-state index in [2.05, 4.69) is 15.8 Å². The lowest BCUT2D eigenvalue weighted by atomic mass is 10.2. The first kappa shape index (κ1) is 16.2. The van der Waals surface area contributed by atoms with Crippen molar-refractivity contribution < 1.29 is 14.6 Å². The molecule has 0 unspecified atom stereocenters. The molecule has 0 spiro atoms. The minimum Gasteiger partial charge on any atom is -0.504 e. The Balaban J connectivity index is 2.48. The molecule has 0 fully saturated rings. The van der Waals surface area contributed by atoms with Gasteiger partial charge in [0.05, 0.1) is 19.9 Å². The van der Waals surface area contributed by atoms with Gasteiger partial charge in [0.1, 0.15) is 0 Å². The van der Waals surface area contributed by atoms with Gasteiger partial charge < -0.3 is 19.9 Å². The quantitative estimate of drug-likeness (QED) is 0.417. The average molecular weight is 297 g/mol. The van der Waals surface area contributed by atoms with Crippen LogP contribution >= 0.6 is 12.2 Å². The molecule has 0 heterocycles. The average Bonchev–Trinajstić information content (AvgIpc) is 2.39. The van der Waals surface area contributed by atoms with Crippen LogP contribution in [0.4, 0.5) is 0 Å². The molecule has 0 saturated heterocycles. The molecule has 0 amide bonds. The number of hydrogen-bond acceptors (Lipinski definition) is 5. The molecule has 0 radical (unpaired) electrons. The van der Waals surface area contributed by atoms with Crippen LogP contribution in [0, 0.1) is 0 Å². The van der Waals surface area contributed by atoms with Crippen LogP contribution in [0.5, 0.6) is 11.5 Å². The zero-order valence-corrected chi connectivity index (χ0v) is 12.5. The molecule has 110 valence electrons. The number of benzene rings is 1. The summed E-state index contributed by atoms with van der Waals surface area (Å²) in [6.45, 7) is 2.50. The van der Waals surface area contributed by atoms with Crippen LogP contribution in [0.15, 0.2) is 23.3 Å². The first-order chi connectivity index (χ1) is 9.56. The monoisotopic (exact) mass is 297 g/mol. The highest BCUT2D eigenvalue weighted by atomic mass is 32.1. The Labute approximate surface area is 123 Å². The minimum atomic E-state index is 0.0610. The molecule has 0 aromatic heterocycles. The second-order valence-electron chi connectivity index (χ2n) is 4.13. The number of nitrogens with zero attached hydrogens (tertiary/aromatic N) is 1. The Bertz CT molecular complexity index is 480. The van der Waals surface area contributed by atoms with E-state index in [9.17, 15) is 5.11 Å². The van der Waals surface area contributed by atoms with E-state index in [4.69, 9.17) is 21.7 Å². The Morgan fingerprint density at radius 2 is 2.25 bits per heavy atom. The van der Waals surface area contributed by atoms with Crippen molar-refractivity contribution in [2.75, 3.05) is 20.8 Å². The Morgan fingerprint density at radius 3 is 2.85 bits per heavy atom. The van der Waals surface area contributed by atoms with E-state index >= 15 is 0 Å². The zero-order valence-electron chi connectivity index (χ0n) is 11.7. The molecule has 3 N–H and O–H groups in total. The van der Waals surface area contributed by atoms with Crippen molar-refractivity contribution in [2.45, 2.75) is 13.0 Å². The Hall–Kier alpha value is -1.86. The van der Waals surface area contributed by atoms with Gasteiger partial charge in [-0.3, -0.25) is 5.43 Å². The summed E-state index contributed by atoms with van der Waals surface area (Å²) in [5.74, 6) is 0.478. The number of hydrogen-bond donors (Lipinski definition) is 3. The number of methoxy groups -OCH3 is 2. The third-order valence-corrected chi connectivity index (χ3v) is 2.59. The van der Waals surface area contributed by atoms with Crippen molar-refractivity contribution in [3.05, 3.63) is 23.8 Å². The van der Waals surface area contributed by atoms with Gasteiger partial charge in [-0.1, -0.05) is 0 Å². The van der Waals surface area contributed by atoms with Crippen molar-refractivity contribution in [3.8, 4) is 11.5 Å². The van der Waals surface area contributed by atoms with Crippen LogP contribution in [-0.2, 0) is 4.74 Å². The van der Waals surface area contributed by atoms with Gasteiger partial charge in [-0.25, -0.2) is 0 Å². The predicted octanol–water partition coefficient (Wildman–Crippen LogP) is 1.23. The summed E-state index contributed by atoms with van der Waals surface area (Å²) in [6.07, 6.45) is 1.55. The van der Waals surface area contributed by atoms with Gasteiger partial charge in [0.25, 0.3) is 0 Å². The molecule has 7 heteroatoms. The molecule has 0 aliphatic rings. The molecule has 0 bridgehead atoms. The number of thiocarbonyl (C=S) groups is 1. The lowest BCUT2D eigenvalue weighted by Crippen LogP contribution is -2.40. The highest BCUT2D eigenvalue weighted by Gasteiger charge is 2.02. The molecule has 0 aliphatic carbocycles. The maximum Gasteiger partial charge on any atom is 0.187 e. The van der Waals surface area contributed by atoms with Gasteiger partial charge in [0, 0.05) is 13.2 Å². The molecular weight excluding hydrogens is 278 g/mol. The topological polar surface area (TPSA) is 75.1 Å². The standard InChI is InChI=1S/C13H19N3O3S/c1-9(8-18-2)15-13(20)16-14-7-10-4-5-12(19-3)11(17)6-10/h4-7,9,17H,8H2,1-3H3,(H2,15,16,20)/b14-7-/t9-/m1/s1. The molecule has 1 atom stereocenters. The van der Waals surface area contributed by atoms with Crippen LogP contribution in [-0.4, -0.2) is 43.3 Å². The Morgan fingerprint density at radius 1 is 1.50 bits per heavy atom. The molecule has 1 aromatic rings. The number of aromatic hydroxyl groups is 1. The van der Waals surface area contributed by atoms with Gasteiger partial charge in [-0.15, -0.1) is 0 Å². The maximum atomic E-state index is 9.62. The van der Waals surface area contributed by atoms with Crippen LogP contribution in [0.2, 0.25) is 0 Å². The van der Waals surface area contributed by atoms with Crippen molar-refractivity contribution in [1.82, 2.24) is 10.7 Å². The molecule has 1 aromatic carbocycles. The summed E-state index contributed by atoms with van der Waals surface area (Å²) in [5.41, 5.74) is 3.42. The molecule has 1 rings (SSSR count). The van der Waals surface area contributed by atoms with Crippen molar-refractivity contribution in [3.63, 3.8) is 0 Å². The number of rotatable bonds is 6. The summed E-state index contributed by atoms with van der Waals surface area (Å²) in [6, 6.07) is 5.08. The third kappa shape index (κ3) is 5.41. The van der Waals surface area contributed by atoms with E-state index in [1.807, 2.05) is 6.92 Å². The third-order valence-electron chi connectivity index (χ3n) is 2.38. The maximum absolute atomic E-state index is 9.62. The summed E-state index contributed by atoms with van der Waals surface area (Å²) in [7, 11) is 3.12. The van der Waals surface area contributed by atoms with Crippen molar-refractivity contribution in [2.24, 2.45) is 5.10 Å². The molecule has 6 nitrogen and oxygen atoms in total. The van der Waals surface area contributed by atoms with E-state index in [0.717, 1.165) is 5.56 Å². The molecular formula is C13H19N3O3S. The minimum absolute atomic E-state index is 0.0610. The van der Waals surface area contributed by atoms with Gasteiger partial charge in [-0.2, -0.15) is 5.10 Å². The highest BCUT2D eigenvalue weighted by Crippen LogP contribution is 2.25. The fourth-order valence-corrected chi connectivity index (χ4v) is 1.75. The SMILES string of the molecule is COC[C@@H](C)NC(=S)N/N=C\c1ccc(OC)c(O)c1. The number of phenols is 1. The second-order valence-corrected chi connectivity index (χ2v) is 4.54. The van der Waals surface area contributed by atoms with E-state index in [1.54, 1.807) is 31.5 Å². The predicted molar refractivity (Wildman–Crippen MR) is 82.5 cm³/mol. The fraction of sp³-hybridized carbons (Fsp3) is 0.385. The lowest BCUT2D eigenvalue weighted by molar-refractivity contribution is 0.179. The van der Waals surface area contributed by atoms with Crippen LogP contribution < -0.4 is 15.5 Å². The van der Waals surface area contributed by atoms with E-state index in [-0.39, 0.29) is 11.8 Å². The summed E-state index contributed by atoms with van der Waals surface area (Å²) >= 11 is 5.06. The molecule has 0 aliphatic heterocycles. The van der Waals surface area contributed by atoms with Crippen LogP contribution in [0.3, 0.4) is 0 Å². The number of ether oxygens (including phenoxy) is 2. The van der Waals surface area contributed by atoms with Crippen LogP contribution in [0.1, 0.15) is 12.5 Å². The van der Waals surface area contributed by atoms with Gasteiger partial charge in [0.2, 0.25) is 0 Å². The lowest BCUT2D eigenvalue weighted by Gasteiger charge is -2.13. The highest BCUT2D eigenvalue weighted by molar-refractivity contribution is 7.80. The largest absolute Gasteiger partial charge is 0.504 e. The first-order valence-electron chi connectivity index (χ1n) is 6.02. The number of hydrazone groups is 1. The Kier molecular flexibility index (Phi) is 6.75. The van der Waals surface area contributed by atoms with Crippen molar-refractivity contribution >= 4 is 23.5 Å². The molecule has 0 saturated carbocycles. The molecule has 20 heavy (non-hydrogen) atoms. The van der Waals surface area contributed by atoms with Crippen LogP contribution in [0.25, 0.3) is 0 Å². The number of nitrogens with one attached hydrogen (secondary N) is 2. The summed E-state index contributed by atoms with van der Waals surface area (Å²) < 4.78 is 9.94. The number of phenolic OH excluding ortho intramolecular Hbond substituents is 1. The van der Waals surface area contributed by atoms with Gasteiger partial charge in [-0.05, 0) is 42.9 Å². The van der Waals surface area contributed by atoms with Gasteiger partial charge >= 0.3 is 0 Å². The summed E-state index contributed by atoms with van der Waals surface area (Å²) in [5, 5.41) is 17.0. The van der Waals surface area contributed by atoms with Crippen molar-refractivity contribution in [1.29, 1.82) is 0 Å². The zero-order chi connectivity index (χ0) is 15.0. The first-order valence-corrected chi connectivity index (χ1v) is 6.43.